The van der Waals surface area contributed by atoms with Gasteiger partial charge in [0.05, 0.1) is 22.7 Å². The van der Waals surface area contributed by atoms with E-state index in [2.05, 4.69) is 15.6 Å². The summed E-state index contributed by atoms with van der Waals surface area (Å²) in [4.78, 5) is 1.09. The lowest BCUT2D eigenvalue weighted by molar-refractivity contribution is -0.132. The Morgan fingerprint density at radius 1 is 1.44 bits per heavy atom. The number of aryl methyl sites for hydroxylation is 1. The largest absolute Gasteiger partial charge is 0.386 e. The number of hydrogen-bond acceptors (Lipinski definition) is 6. The number of halogens is 1. The Hall–Kier alpha value is -0.990. The van der Waals surface area contributed by atoms with Gasteiger partial charge in [-0.2, -0.15) is 0 Å². The van der Waals surface area contributed by atoms with Crippen molar-refractivity contribution in [3.63, 3.8) is 0 Å². The molecule has 0 unspecified atom stereocenters. The molecule has 4 heterocycles. The Kier molecular flexibility index (Phi) is 3.73. The van der Waals surface area contributed by atoms with Gasteiger partial charge in [-0.25, -0.2) is 0 Å². The van der Waals surface area contributed by atoms with E-state index >= 15 is 0 Å². The van der Waals surface area contributed by atoms with Gasteiger partial charge in [0, 0.05) is 36.1 Å². The number of nitrogens with one attached hydrogen (secondary N) is 1. The molecule has 0 radical (unpaired) electrons. The molecule has 2 aromatic heterocycles. The number of thiophene rings is 1. The van der Waals surface area contributed by atoms with Crippen LogP contribution >= 0.6 is 22.9 Å². The summed E-state index contributed by atoms with van der Waals surface area (Å²) >= 11 is 7.84. The van der Waals surface area contributed by atoms with E-state index in [4.69, 9.17) is 16.3 Å². The zero-order chi connectivity index (χ0) is 17.2. The molecule has 0 bridgehead atoms. The molecule has 2 aromatic rings. The molecule has 3 aliphatic rings. The molecule has 1 saturated carbocycles. The van der Waals surface area contributed by atoms with Crippen LogP contribution in [0.25, 0.3) is 0 Å². The molecule has 1 spiro atoms. The molecule has 6 nitrogen and oxygen atoms in total. The predicted octanol–water partition coefficient (Wildman–Crippen LogP) is 2.69. The molecule has 5 rings (SSSR count). The van der Waals surface area contributed by atoms with Crippen molar-refractivity contribution in [1.29, 1.82) is 0 Å². The average molecular weight is 381 g/mol. The highest BCUT2D eigenvalue weighted by atomic mass is 35.5. The van der Waals surface area contributed by atoms with Crippen LogP contribution < -0.4 is 5.32 Å². The van der Waals surface area contributed by atoms with Crippen molar-refractivity contribution in [2.24, 2.45) is 13.0 Å². The van der Waals surface area contributed by atoms with Gasteiger partial charge in [-0.15, -0.1) is 16.4 Å². The Morgan fingerprint density at radius 3 is 3.00 bits per heavy atom. The van der Waals surface area contributed by atoms with Crippen LogP contribution in [-0.4, -0.2) is 32.7 Å². The van der Waals surface area contributed by atoms with Gasteiger partial charge >= 0.3 is 0 Å². The third-order valence-electron chi connectivity index (χ3n) is 5.69. The first-order valence-corrected chi connectivity index (χ1v) is 9.97. The summed E-state index contributed by atoms with van der Waals surface area (Å²) in [5.41, 5.74) is 1.49. The van der Waals surface area contributed by atoms with Crippen molar-refractivity contribution in [3.8, 4) is 0 Å². The summed E-state index contributed by atoms with van der Waals surface area (Å²) in [5, 5.41) is 22.6. The monoisotopic (exact) mass is 380 g/mol. The molecule has 0 amide bonds. The van der Waals surface area contributed by atoms with Crippen LogP contribution in [-0.2, 0) is 17.4 Å². The Morgan fingerprint density at radius 2 is 2.28 bits per heavy atom. The summed E-state index contributed by atoms with van der Waals surface area (Å²) < 4.78 is 8.79. The lowest BCUT2D eigenvalue weighted by Gasteiger charge is -2.47. The summed E-state index contributed by atoms with van der Waals surface area (Å²) in [6, 6.07) is 2.39. The second kappa shape index (κ2) is 5.76. The minimum absolute atomic E-state index is 0.0945. The molecule has 2 fully saturated rings. The minimum atomic E-state index is -0.589. The van der Waals surface area contributed by atoms with Gasteiger partial charge in [0.25, 0.3) is 0 Å². The lowest BCUT2D eigenvalue weighted by Crippen LogP contribution is -2.52. The minimum Gasteiger partial charge on any atom is -0.386 e. The first-order valence-electron chi connectivity index (χ1n) is 8.78. The predicted molar refractivity (Wildman–Crippen MR) is 94.5 cm³/mol. The van der Waals surface area contributed by atoms with E-state index in [1.54, 1.807) is 16.0 Å². The normalized spacial score (nSPS) is 35.1. The SMILES string of the molecule is Cn1cc([C@@H]2C[C@]3(C[C@H](C4CC4)N2)OC[C@@H](O)c2cc(Cl)sc23)nn1. The van der Waals surface area contributed by atoms with Gasteiger partial charge in [-0.3, -0.25) is 4.68 Å². The van der Waals surface area contributed by atoms with E-state index in [1.165, 1.54) is 12.8 Å². The summed E-state index contributed by atoms with van der Waals surface area (Å²) in [6.45, 7) is 0.324. The van der Waals surface area contributed by atoms with E-state index in [9.17, 15) is 5.11 Å². The number of aromatic nitrogens is 3. The summed E-state index contributed by atoms with van der Waals surface area (Å²) in [7, 11) is 1.89. The molecule has 25 heavy (non-hydrogen) atoms. The van der Waals surface area contributed by atoms with Crippen LogP contribution in [0.4, 0.5) is 0 Å². The highest BCUT2D eigenvalue weighted by molar-refractivity contribution is 7.16. The number of nitrogens with zero attached hydrogens (tertiary/aromatic N) is 3. The topological polar surface area (TPSA) is 72.2 Å². The number of aliphatic hydroxyl groups is 1. The molecule has 134 valence electrons. The van der Waals surface area contributed by atoms with Gasteiger partial charge in [-0.1, -0.05) is 16.8 Å². The van der Waals surface area contributed by atoms with Crippen LogP contribution in [0, 0.1) is 5.92 Å². The first-order chi connectivity index (χ1) is 12.0. The molecule has 4 atom stereocenters. The molecule has 2 N–H and O–H groups in total. The van der Waals surface area contributed by atoms with E-state index in [1.807, 2.05) is 19.3 Å². The van der Waals surface area contributed by atoms with E-state index in [0.717, 1.165) is 29.0 Å². The fourth-order valence-corrected chi connectivity index (χ4v) is 5.79. The van der Waals surface area contributed by atoms with Crippen LogP contribution in [0.2, 0.25) is 4.34 Å². The maximum Gasteiger partial charge on any atom is 0.106 e. The van der Waals surface area contributed by atoms with E-state index in [-0.39, 0.29) is 6.04 Å². The second-order valence-corrected chi connectivity index (χ2v) is 9.23. The molecule has 1 saturated heterocycles. The zero-order valence-electron chi connectivity index (χ0n) is 14.0. The molecule has 1 aliphatic carbocycles. The molecule has 0 aromatic carbocycles. The number of fused-ring (bicyclic) bond motifs is 2. The maximum absolute atomic E-state index is 10.3. The van der Waals surface area contributed by atoms with Crippen LogP contribution in [0.3, 0.4) is 0 Å². The van der Waals surface area contributed by atoms with Gasteiger partial charge in [-0.05, 0) is 31.2 Å². The van der Waals surface area contributed by atoms with E-state index < -0.39 is 11.7 Å². The van der Waals surface area contributed by atoms with Crippen LogP contribution in [0.1, 0.15) is 54.0 Å². The van der Waals surface area contributed by atoms with Gasteiger partial charge in [0.15, 0.2) is 0 Å². The van der Waals surface area contributed by atoms with Crippen LogP contribution in [0.15, 0.2) is 12.3 Å². The molecular formula is C17H21ClN4O2S. The molecular weight excluding hydrogens is 360 g/mol. The van der Waals surface area contributed by atoms with Crippen LogP contribution in [0.5, 0.6) is 0 Å². The number of piperidine rings is 1. The first kappa shape index (κ1) is 16.2. The van der Waals surface area contributed by atoms with Crippen molar-refractivity contribution in [2.45, 2.75) is 49.5 Å². The smallest absolute Gasteiger partial charge is 0.106 e. The van der Waals surface area contributed by atoms with Crippen molar-refractivity contribution in [3.05, 3.63) is 32.7 Å². The number of aliphatic hydroxyl groups excluding tert-OH is 1. The third-order valence-corrected chi connectivity index (χ3v) is 7.15. The van der Waals surface area contributed by atoms with E-state index in [0.29, 0.717) is 22.9 Å². The average Bonchev–Trinajstić information content (AvgIpc) is 3.23. The number of hydrogen-bond donors (Lipinski definition) is 2. The van der Waals surface area contributed by atoms with Gasteiger partial charge < -0.3 is 15.2 Å². The summed E-state index contributed by atoms with van der Waals surface area (Å²) in [5.74, 6) is 0.700. The van der Waals surface area contributed by atoms with Crippen molar-refractivity contribution >= 4 is 22.9 Å². The highest BCUT2D eigenvalue weighted by Gasteiger charge is 2.51. The lowest BCUT2D eigenvalue weighted by atomic mass is 9.77. The van der Waals surface area contributed by atoms with Crippen molar-refractivity contribution in [2.75, 3.05) is 6.61 Å². The van der Waals surface area contributed by atoms with Crippen molar-refractivity contribution in [1.82, 2.24) is 20.3 Å². The third kappa shape index (κ3) is 2.73. The quantitative estimate of drug-likeness (QED) is 0.838. The fraction of sp³-hybridized carbons (Fsp3) is 0.647. The zero-order valence-corrected chi connectivity index (χ0v) is 15.6. The molecule has 2 aliphatic heterocycles. The van der Waals surface area contributed by atoms with Crippen molar-refractivity contribution < 1.29 is 9.84 Å². The highest BCUT2D eigenvalue weighted by Crippen LogP contribution is 2.54. The second-order valence-electron chi connectivity index (χ2n) is 7.54. The number of ether oxygens (including phenoxy) is 1. The Balaban J connectivity index is 1.56. The Bertz CT molecular complexity index is 804. The standard InChI is InChI=1S/C17H21ClN4O2S/c1-22-7-13(20-21-22)12-6-17(5-11(19-12)9-2-3-9)16-10(4-15(18)25-16)14(23)8-24-17/h4,7,9,11-12,14,19,23H,2-3,5-6,8H2,1H3/t11-,12+,14-,17+/m1/s1. The Labute approximate surface area is 155 Å². The summed E-state index contributed by atoms with van der Waals surface area (Å²) in [6.07, 6.45) is 5.62. The maximum atomic E-state index is 10.3. The number of rotatable bonds is 2. The fourth-order valence-electron chi connectivity index (χ4n) is 4.34. The molecule has 8 heteroatoms. The van der Waals surface area contributed by atoms with Gasteiger partial charge in [0.1, 0.15) is 11.7 Å². The van der Waals surface area contributed by atoms with Gasteiger partial charge in [0.2, 0.25) is 0 Å².